The maximum Gasteiger partial charge on any atom is 0.336 e. The number of aromatic nitrogens is 1. The number of benzene rings is 2. The number of fused-ring (bicyclic) bond motifs is 1. The lowest BCUT2D eigenvalue weighted by molar-refractivity contribution is 0.0699. The number of nitrogens with one attached hydrogen (secondary N) is 1. The topological polar surface area (TPSA) is 112 Å². The predicted molar refractivity (Wildman–Crippen MR) is 131 cm³/mol. The number of piperazine rings is 1. The highest BCUT2D eigenvalue weighted by molar-refractivity contribution is 7.92. The van der Waals surface area contributed by atoms with Gasteiger partial charge in [-0.2, -0.15) is 0 Å². The molecule has 0 amide bonds. The molecular weight excluding hydrogens is 456 g/mol. The number of hydrogen-bond donors (Lipinski definition) is 2. The number of carbonyl (C=O) groups is 1. The van der Waals surface area contributed by atoms with Gasteiger partial charge in [-0.25, -0.2) is 18.2 Å². The van der Waals surface area contributed by atoms with Gasteiger partial charge < -0.3 is 14.7 Å². The van der Waals surface area contributed by atoms with Crippen LogP contribution < -0.4 is 14.4 Å². The fourth-order valence-corrected chi connectivity index (χ4v) is 5.15. The average molecular weight is 485 g/mol. The second kappa shape index (κ2) is 9.86. The van der Waals surface area contributed by atoms with Crippen molar-refractivity contribution in [3.63, 3.8) is 0 Å². The number of anilines is 2. The number of hydrogen-bond acceptors (Lipinski definition) is 7. The minimum absolute atomic E-state index is 0.0718. The number of nitrogens with zero attached hydrogens (tertiary/aromatic N) is 3. The van der Waals surface area contributed by atoms with Crippen molar-refractivity contribution in [2.75, 3.05) is 49.5 Å². The van der Waals surface area contributed by atoms with Crippen LogP contribution >= 0.6 is 0 Å². The highest BCUT2D eigenvalue weighted by Gasteiger charge is 2.21. The Hall–Kier alpha value is -3.37. The van der Waals surface area contributed by atoms with Crippen LogP contribution in [0.4, 0.5) is 11.5 Å². The quantitative estimate of drug-likeness (QED) is 0.501. The molecule has 1 fully saturated rings. The SMILES string of the molecule is CCCN1CCN(c2cc(C(=O)O)c3cc(NS(=O)(=O)c4ccc(OC)cc4)ccc3n2)CC1. The Morgan fingerprint density at radius 3 is 2.41 bits per heavy atom. The van der Waals surface area contributed by atoms with Gasteiger partial charge in [0.2, 0.25) is 0 Å². The molecule has 0 radical (unpaired) electrons. The Kier molecular flexibility index (Phi) is 6.90. The number of methoxy groups -OCH3 is 1. The van der Waals surface area contributed by atoms with Crippen LogP contribution in [0.3, 0.4) is 0 Å². The molecule has 4 rings (SSSR count). The van der Waals surface area contributed by atoms with E-state index in [-0.39, 0.29) is 16.1 Å². The van der Waals surface area contributed by atoms with Gasteiger partial charge in [0.1, 0.15) is 11.6 Å². The standard InChI is InChI=1S/C24H28N4O5S/c1-3-10-27-11-13-28(14-12-27)23-16-21(24(29)30)20-15-17(4-9-22(20)25-23)26-34(31,32)19-7-5-18(33-2)6-8-19/h4-9,15-16,26H,3,10-14H2,1-2H3,(H,29,30). The summed E-state index contributed by atoms with van der Waals surface area (Å²) in [5, 5.41) is 10.2. The lowest BCUT2D eigenvalue weighted by atomic mass is 10.1. The third kappa shape index (κ3) is 5.07. The number of aromatic carboxylic acids is 1. The monoisotopic (exact) mass is 484 g/mol. The van der Waals surface area contributed by atoms with Gasteiger partial charge in [0.25, 0.3) is 10.0 Å². The van der Waals surface area contributed by atoms with E-state index in [1.807, 2.05) is 0 Å². The molecule has 0 unspecified atom stereocenters. The van der Waals surface area contributed by atoms with Crippen LogP contribution in [0.1, 0.15) is 23.7 Å². The number of sulfonamides is 1. The van der Waals surface area contributed by atoms with Gasteiger partial charge >= 0.3 is 5.97 Å². The van der Waals surface area contributed by atoms with E-state index >= 15 is 0 Å². The van der Waals surface area contributed by atoms with Gasteiger partial charge in [0.15, 0.2) is 0 Å². The molecule has 9 nitrogen and oxygen atoms in total. The molecule has 1 aliphatic rings. The average Bonchev–Trinajstić information content (AvgIpc) is 2.84. The number of carboxylic acids is 1. The molecule has 180 valence electrons. The molecule has 0 bridgehead atoms. The molecule has 2 aromatic carbocycles. The molecule has 34 heavy (non-hydrogen) atoms. The Labute approximate surface area is 199 Å². The van der Waals surface area contributed by atoms with Gasteiger partial charge in [-0.3, -0.25) is 9.62 Å². The van der Waals surface area contributed by atoms with Crippen LogP contribution in [0.15, 0.2) is 53.4 Å². The van der Waals surface area contributed by atoms with Crippen LogP contribution in [-0.2, 0) is 10.0 Å². The first-order chi connectivity index (χ1) is 16.3. The van der Waals surface area contributed by atoms with Gasteiger partial charge in [-0.1, -0.05) is 6.92 Å². The van der Waals surface area contributed by atoms with Crippen molar-refractivity contribution < 1.29 is 23.1 Å². The third-order valence-electron chi connectivity index (χ3n) is 5.88. The van der Waals surface area contributed by atoms with E-state index in [9.17, 15) is 18.3 Å². The number of ether oxygens (including phenoxy) is 1. The second-order valence-corrected chi connectivity index (χ2v) is 9.86. The van der Waals surface area contributed by atoms with Crippen molar-refractivity contribution in [1.82, 2.24) is 9.88 Å². The summed E-state index contributed by atoms with van der Waals surface area (Å²) in [5.41, 5.74) is 0.841. The Morgan fingerprint density at radius 1 is 1.09 bits per heavy atom. The summed E-state index contributed by atoms with van der Waals surface area (Å²) in [6.45, 7) is 6.56. The van der Waals surface area contributed by atoms with Crippen molar-refractivity contribution in [3.8, 4) is 5.75 Å². The summed E-state index contributed by atoms with van der Waals surface area (Å²) in [7, 11) is -2.36. The van der Waals surface area contributed by atoms with Crippen molar-refractivity contribution in [3.05, 3.63) is 54.1 Å². The summed E-state index contributed by atoms with van der Waals surface area (Å²) in [6.07, 6.45) is 1.10. The van der Waals surface area contributed by atoms with E-state index in [0.29, 0.717) is 22.5 Å². The van der Waals surface area contributed by atoms with Crippen LogP contribution in [0.25, 0.3) is 10.9 Å². The Balaban J connectivity index is 1.62. The molecule has 1 aliphatic heterocycles. The van der Waals surface area contributed by atoms with Crippen molar-refractivity contribution >= 4 is 38.4 Å². The summed E-state index contributed by atoms with van der Waals surface area (Å²) in [6, 6.07) is 12.3. The van der Waals surface area contributed by atoms with E-state index in [1.54, 1.807) is 30.3 Å². The molecule has 1 aromatic heterocycles. The first-order valence-corrected chi connectivity index (χ1v) is 12.6. The minimum Gasteiger partial charge on any atom is -0.497 e. The number of pyridine rings is 1. The van der Waals surface area contributed by atoms with Crippen LogP contribution in [-0.4, -0.2) is 69.2 Å². The Morgan fingerprint density at radius 2 is 1.79 bits per heavy atom. The molecule has 10 heteroatoms. The van der Waals surface area contributed by atoms with E-state index < -0.39 is 16.0 Å². The summed E-state index contributed by atoms with van der Waals surface area (Å²) in [4.78, 5) is 21.3. The summed E-state index contributed by atoms with van der Waals surface area (Å²) >= 11 is 0. The normalized spacial score (nSPS) is 14.8. The Bertz CT molecular complexity index is 1290. The first-order valence-electron chi connectivity index (χ1n) is 11.1. The van der Waals surface area contributed by atoms with Gasteiger partial charge in [-0.05, 0) is 61.5 Å². The molecule has 2 N–H and O–H groups in total. The third-order valence-corrected chi connectivity index (χ3v) is 7.28. The van der Waals surface area contributed by atoms with Gasteiger partial charge in [-0.15, -0.1) is 0 Å². The van der Waals surface area contributed by atoms with Crippen LogP contribution in [0.2, 0.25) is 0 Å². The smallest absolute Gasteiger partial charge is 0.336 e. The molecule has 0 saturated carbocycles. The lowest BCUT2D eigenvalue weighted by Gasteiger charge is -2.35. The molecule has 0 aliphatic carbocycles. The molecule has 2 heterocycles. The maximum atomic E-state index is 12.8. The van der Waals surface area contributed by atoms with E-state index in [1.165, 1.54) is 25.3 Å². The fraction of sp³-hybridized carbons (Fsp3) is 0.333. The minimum atomic E-state index is -3.86. The van der Waals surface area contributed by atoms with Crippen molar-refractivity contribution in [1.29, 1.82) is 0 Å². The van der Waals surface area contributed by atoms with Crippen molar-refractivity contribution in [2.24, 2.45) is 0 Å². The summed E-state index contributed by atoms with van der Waals surface area (Å²) < 4.78 is 33.2. The molecule has 3 aromatic rings. The predicted octanol–water partition coefficient (Wildman–Crippen LogP) is 3.27. The zero-order chi connectivity index (χ0) is 24.3. The van der Waals surface area contributed by atoms with E-state index in [0.717, 1.165) is 39.1 Å². The van der Waals surface area contributed by atoms with E-state index in [4.69, 9.17) is 4.74 Å². The summed E-state index contributed by atoms with van der Waals surface area (Å²) in [5.74, 6) is 0.0745. The number of carboxylic acid groups (broad SMARTS) is 1. The van der Waals surface area contributed by atoms with Crippen LogP contribution in [0.5, 0.6) is 5.75 Å². The van der Waals surface area contributed by atoms with Gasteiger partial charge in [0, 0.05) is 37.3 Å². The van der Waals surface area contributed by atoms with Crippen molar-refractivity contribution in [2.45, 2.75) is 18.2 Å². The molecule has 0 spiro atoms. The molecule has 0 atom stereocenters. The van der Waals surface area contributed by atoms with Gasteiger partial charge in [0.05, 0.1) is 23.1 Å². The largest absolute Gasteiger partial charge is 0.497 e. The zero-order valence-corrected chi connectivity index (χ0v) is 20.0. The highest BCUT2D eigenvalue weighted by atomic mass is 32.2. The molecule has 1 saturated heterocycles. The van der Waals surface area contributed by atoms with E-state index in [2.05, 4.69) is 26.4 Å². The molecular formula is C24H28N4O5S. The fourth-order valence-electron chi connectivity index (χ4n) is 4.10. The zero-order valence-electron chi connectivity index (χ0n) is 19.2. The maximum absolute atomic E-state index is 12.8. The lowest BCUT2D eigenvalue weighted by Crippen LogP contribution is -2.46. The number of rotatable bonds is 8. The first kappa shape index (κ1) is 23.8. The highest BCUT2D eigenvalue weighted by Crippen LogP contribution is 2.28. The second-order valence-electron chi connectivity index (χ2n) is 8.17. The van der Waals surface area contributed by atoms with Crippen LogP contribution in [0, 0.1) is 0 Å².